The van der Waals surface area contributed by atoms with E-state index in [1.807, 2.05) is 13.0 Å². The number of ether oxygens (including phenoxy) is 1. The first-order chi connectivity index (χ1) is 9.11. The van der Waals surface area contributed by atoms with Gasteiger partial charge in [-0.15, -0.1) is 0 Å². The molecular formula is C14H16N2O3. The standard InChI is InChI=1S/C14H16N2O3/c1-9(12-4-3-7-19-12)16-14(17)11-8-10(15)5-6-13(11)18-2/h3-9H,15H2,1-2H3,(H,16,17). The van der Waals surface area contributed by atoms with Gasteiger partial charge >= 0.3 is 0 Å². The molecule has 3 N–H and O–H groups in total. The van der Waals surface area contributed by atoms with Gasteiger partial charge in [0.1, 0.15) is 11.5 Å². The number of carbonyl (C=O) groups excluding carboxylic acids is 1. The normalized spacial score (nSPS) is 11.9. The summed E-state index contributed by atoms with van der Waals surface area (Å²) < 4.78 is 10.4. The Kier molecular flexibility index (Phi) is 3.75. The average molecular weight is 260 g/mol. The number of carbonyl (C=O) groups is 1. The van der Waals surface area contributed by atoms with Crippen LogP contribution < -0.4 is 15.8 Å². The van der Waals surface area contributed by atoms with Crippen molar-refractivity contribution in [3.05, 3.63) is 47.9 Å². The first-order valence-electron chi connectivity index (χ1n) is 5.89. The highest BCUT2D eigenvalue weighted by Crippen LogP contribution is 2.22. The number of anilines is 1. The Bertz CT molecular complexity index is 564. The van der Waals surface area contributed by atoms with Crippen molar-refractivity contribution in [1.29, 1.82) is 0 Å². The summed E-state index contributed by atoms with van der Waals surface area (Å²) in [5.41, 5.74) is 6.61. The fourth-order valence-corrected chi connectivity index (χ4v) is 1.79. The van der Waals surface area contributed by atoms with Crippen LogP contribution in [0.15, 0.2) is 41.0 Å². The number of hydrogen-bond donors (Lipinski definition) is 2. The minimum absolute atomic E-state index is 0.228. The van der Waals surface area contributed by atoms with Crippen molar-refractivity contribution in [1.82, 2.24) is 5.32 Å². The van der Waals surface area contributed by atoms with Crippen LogP contribution in [0.25, 0.3) is 0 Å². The third-order valence-electron chi connectivity index (χ3n) is 2.79. The Hall–Kier alpha value is -2.43. The minimum atomic E-state index is -0.256. The number of rotatable bonds is 4. The molecule has 0 saturated carbocycles. The molecule has 0 spiro atoms. The molecule has 0 radical (unpaired) electrons. The Morgan fingerprint density at radius 3 is 2.84 bits per heavy atom. The molecule has 0 aliphatic rings. The molecule has 100 valence electrons. The van der Waals surface area contributed by atoms with Crippen molar-refractivity contribution in [2.24, 2.45) is 0 Å². The highest BCUT2D eigenvalue weighted by atomic mass is 16.5. The number of nitrogens with one attached hydrogen (secondary N) is 1. The molecule has 1 unspecified atom stereocenters. The van der Waals surface area contributed by atoms with Crippen LogP contribution >= 0.6 is 0 Å². The van der Waals surface area contributed by atoms with Gasteiger partial charge in [-0.3, -0.25) is 4.79 Å². The van der Waals surface area contributed by atoms with Gasteiger partial charge in [-0.1, -0.05) is 0 Å². The topological polar surface area (TPSA) is 77.5 Å². The van der Waals surface area contributed by atoms with Gasteiger partial charge in [-0.25, -0.2) is 0 Å². The molecule has 0 bridgehead atoms. The van der Waals surface area contributed by atoms with E-state index in [4.69, 9.17) is 14.9 Å². The summed E-state index contributed by atoms with van der Waals surface area (Å²) in [7, 11) is 1.51. The maximum absolute atomic E-state index is 12.2. The second-order valence-corrected chi connectivity index (χ2v) is 4.17. The van der Waals surface area contributed by atoms with Crippen LogP contribution in [0.2, 0.25) is 0 Å². The van der Waals surface area contributed by atoms with Gasteiger partial charge in [0.25, 0.3) is 5.91 Å². The summed E-state index contributed by atoms with van der Waals surface area (Å²) in [6.07, 6.45) is 1.57. The lowest BCUT2D eigenvalue weighted by Crippen LogP contribution is -2.26. The van der Waals surface area contributed by atoms with E-state index in [-0.39, 0.29) is 11.9 Å². The van der Waals surface area contributed by atoms with Crippen LogP contribution in [0.1, 0.15) is 29.1 Å². The Morgan fingerprint density at radius 2 is 2.21 bits per heavy atom. The number of nitrogen functional groups attached to an aromatic ring is 1. The zero-order valence-electron chi connectivity index (χ0n) is 10.8. The third kappa shape index (κ3) is 2.88. The van der Waals surface area contributed by atoms with E-state index < -0.39 is 0 Å². The van der Waals surface area contributed by atoms with Gasteiger partial charge in [-0.2, -0.15) is 0 Å². The molecule has 0 saturated heterocycles. The molecule has 1 aromatic carbocycles. The third-order valence-corrected chi connectivity index (χ3v) is 2.79. The van der Waals surface area contributed by atoms with Crippen molar-refractivity contribution in [2.45, 2.75) is 13.0 Å². The number of nitrogens with two attached hydrogens (primary N) is 1. The van der Waals surface area contributed by atoms with E-state index >= 15 is 0 Å². The highest BCUT2D eigenvalue weighted by Gasteiger charge is 2.17. The molecule has 1 aromatic heterocycles. The van der Waals surface area contributed by atoms with Crippen molar-refractivity contribution < 1.29 is 13.9 Å². The largest absolute Gasteiger partial charge is 0.496 e. The van der Waals surface area contributed by atoms with E-state index in [1.165, 1.54) is 7.11 Å². The van der Waals surface area contributed by atoms with Gasteiger partial charge in [0.2, 0.25) is 0 Å². The molecule has 0 aliphatic carbocycles. The fraction of sp³-hybridized carbons (Fsp3) is 0.214. The summed E-state index contributed by atoms with van der Waals surface area (Å²) in [4.78, 5) is 12.2. The van der Waals surface area contributed by atoms with Crippen molar-refractivity contribution in [2.75, 3.05) is 12.8 Å². The van der Waals surface area contributed by atoms with E-state index in [0.29, 0.717) is 22.8 Å². The maximum Gasteiger partial charge on any atom is 0.255 e. The summed E-state index contributed by atoms with van der Waals surface area (Å²) in [6, 6.07) is 8.30. The highest BCUT2D eigenvalue weighted by molar-refractivity contribution is 5.98. The van der Waals surface area contributed by atoms with E-state index in [1.54, 1.807) is 30.5 Å². The van der Waals surface area contributed by atoms with Crippen LogP contribution in [-0.4, -0.2) is 13.0 Å². The summed E-state index contributed by atoms with van der Waals surface area (Å²) in [5.74, 6) is 0.919. The van der Waals surface area contributed by atoms with Crippen LogP contribution in [0.5, 0.6) is 5.75 Å². The average Bonchev–Trinajstić information content (AvgIpc) is 2.92. The van der Waals surface area contributed by atoms with Gasteiger partial charge < -0.3 is 20.2 Å². The molecular weight excluding hydrogens is 244 g/mol. The van der Waals surface area contributed by atoms with Crippen molar-refractivity contribution in [3.8, 4) is 5.75 Å². The minimum Gasteiger partial charge on any atom is -0.496 e. The molecule has 5 nitrogen and oxygen atoms in total. The van der Waals surface area contributed by atoms with Crippen LogP contribution in [0.4, 0.5) is 5.69 Å². The Labute approximate surface area is 111 Å². The van der Waals surface area contributed by atoms with Crippen molar-refractivity contribution in [3.63, 3.8) is 0 Å². The Morgan fingerprint density at radius 1 is 1.42 bits per heavy atom. The lowest BCUT2D eigenvalue weighted by atomic mass is 10.1. The molecule has 2 aromatic rings. The molecule has 5 heteroatoms. The lowest BCUT2D eigenvalue weighted by Gasteiger charge is -2.13. The maximum atomic E-state index is 12.2. The lowest BCUT2D eigenvalue weighted by molar-refractivity contribution is 0.0932. The molecule has 0 aliphatic heterocycles. The number of amides is 1. The van der Waals surface area contributed by atoms with E-state index in [9.17, 15) is 4.79 Å². The number of benzene rings is 1. The van der Waals surface area contributed by atoms with E-state index in [2.05, 4.69) is 5.32 Å². The quantitative estimate of drug-likeness (QED) is 0.827. The number of methoxy groups -OCH3 is 1. The SMILES string of the molecule is COc1ccc(N)cc1C(=O)NC(C)c1ccco1. The first-order valence-corrected chi connectivity index (χ1v) is 5.89. The smallest absolute Gasteiger partial charge is 0.255 e. The number of furan rings is 1. The monoisotopic (exact) mass is 260 g/mol. The fourth-order valence-electron chi connectivity index (χ4n) is 1.79. The molecule has 1 amide bonds. The summed E-state index contributed by atoms with van der Waals surface area (Å²) in [6.45, 7) is 1.84. The molecule has 1 heterocycles. The zero-order chi connectivity index (χ0) is 13.8. The van der Waals surface area contributed by atoms with Gasteiger partial charge in [0, 0.05) is 5.69 Å². The van der Waals surface area contributed by atoms with Crippen LogP contribution in [0.3, 0.4) is 0 Å². The van der Waals surface area contributed by atoms with Crippen molar-refractivity contribution >= 4 is 11.6 Å². The van der Waals surface area contributed by atoms with E-state index in [0.717, 1.165) is 0 Å². The summed E-state index contributed by atoms with van der Waals surface area (Å²) >= 11 is 0. The predicted molar refractivity (Wildman–Crippen MR) is 72.0 cm³/mol. The molecule has 0 fully saturated rings. The van der Waals surface area contributed by atoms with Crippen LogP contribution in [-0.2, 0) is 0 Å². The second kappa shape index (κ2) is 5.48. The summed E-state index contributed by atoms with van der Waals surface area (Å²) in [5, 5.41) is 2.83. The molecule has 2 rings (SSSR count). The zero-order valence-corrected chi connectivity index (χ0v) is 10.8. The first kappa shape index (κ1) is 13.0. The van der Waals surface area contributed by atoms with Gasteiger partial charge in [0.05, 0.1) is 25.0 Å². The Balaban J connectivity index is 2.18. The van der Waals surface area contributed by atoms with Gasteiger partial charge in [-0.05, 0) is 37.3 Å². The van der Waals surface area contributed by atoms with Crippen LogP contribution in [0, 0.1) is 0 Å². The van der Waals surface area contributed by atoms with Gasteiger partial charge in [0.15, 0.2) is 0 Å². The second-order valence-electron chi connectivity index (χ2n) is 4.17. The molecule has 1 atom stereocenters. The number of hydrogen-bond acceptors (Lipinski definition) is 4. The predicted octanol–water partition coefficient (Wildman–Crippen LogP) is 2.36. The molecule has 19 heavy (non-hydrogen) atoms.